The second-order valence-corrected chi connectivity index (χ2v) is 8.77. The maximum Gasteiger partial charge on any atom is 0.435 e. The average Bonchev–Trinajstić information content (AvgIpc) is 3.45. The number of nitrogens with one attached hydrogen (secondary N) is 1. The Balaban J connectivity index is 1.23. The van der Waals surface area contributed by atoms with Crippen molar-refractivity contribution in [1.29, 1.82) is 0 Å². The molecule has 10 nitrogen and oxygen atoms in total. The number of rotatable bonds is 7. The van der Waals surface area contributed by atoms with Crippen molar-refractivity contribution >= 4 is 33.3 Å². The number of aromatic amines is 1. The fraction of sp³-hybridized carbons (Fsp3) is 0.526. The first kappa shape index (κ1) is 25.9. The summed E-state index contributed by atoms with van der Waals surface area (Å²) < 4.78 is 84.3. The summed E-state index contributed by atoms with van der Waals surface area (Å²) >= 11 is 0.551. The molecule has 1 N–H and O–H groups in total. The van der Waals surface area contributed by atoms with Gasteiger partial charge in [0.1, 0.15) is 10.3 Å². The topological polar surface area (TPSA) is 109 Å². The van der Waals surface area contributed by atoms with E-state index in [0.29, 0.717) is 37.5 Å². The van der Waals surface area contributed by atoms with Crippen molar-refractivity contribution in [2.24, 2.45) is 0 Å². The van der Waals surface area contributed by atoms with Gasteiger partial charge in [-0.15, -0.1) is 0 Å². The quantitative estimate of drug-likeness (QED) is 0.363. The van der Waals surface area contributed by atoms with Crippen molar-refractivity contribution in [2.75, 3.05) is 44.3 Å². The van der Waals surface area contributed by atoms with Crippen LogP contribution in [0.15, 0.2) is 17.2 Å². The van der Waals surface area contributed by atoms with E-state index in [1.54, 1.807) is 9.80 Å². The Bertz CT molecular complexity index is 1280. The highest BCUT2D eigenvalue weighted by molar-refractivity contribution is 7.15. The minimum Gasteiger partial charge on any atom is -0.379 e. The van der Waals surface area contributed by atoms with Crippen molar-refractivity contribution in [2.45, 2.75) is 25.3 Å². The van der Waals surface area contributed by atoms with Crippen LogP contribution in [0.25, 0.3) is 10.9 Å². The SMILES string of the molecule is O=C(CCOCCn1nc(C(F)(F)F)c2c(=O)[nH]ncc21)N1CCN(c2ncc(C(F)(F)F)s2)CC1. The summed E-state index contributed by atoms with van der Waals surface area (Å²) in [5.41, 5.74) is -2.41. The number of carbonyl (C=O) groups excluding carboxylic acids is 1. The zero-order chi connectivity index (χ0) is 26.1. The number of carbonyl (C=O) groups is 1. The van der Waals surface area contributed by atoms with E-state index in [9.17, 15) is 35.9 Å². The Morgan fingerprint density at radius 1 is 1.06 bits per heavy atom. The standard InChI is InChI=1S/C19H19F6N7O3S/c20-18(21,22)12-10-26-17(36-12)31-4-2-30(3-5-31)13(33)1-7-35-8-6-32-11-9-27-28-16(34)14(11)15(29-32)19(23,24)25/h9-10H,1-8H2,(H,28,34). The molecule has 0 aliphatic carbocycles. The fourth-order valence-electron chi connectivity index (χ4n) is 3.67. The smallest absolute Gasteiger partial charge is 0.379 e. The number of halogens is 6. The molecule has 0 spiro atoms. The first-order valence-electron chi connectivity index (χ1n) is 10.6. The van der Waals surface area contributed by atoms with E-state index >= 15 is 0 Å². The molecule has 3 aromatic rings. The maximum atomic E-state index is 13.2. The molecular weight excluding hydrogens is 520 g/mol. The van der Waals surface area contributed by atoms with Gasteiger partial charge in [0.2, 0.25) is 5.91 Å². The minimum absolute atomic E-state index is 0.00460. The van der Waals surface area contributed by atoms with Crippen LogP contribution in [0.1, 0.15) is 17.0 Å². The molecule has 0 bridgehead atoms. The van der Waals surface area contributed by atoms with Crippen molar-refractivity contribution in [3.63, 3.8) is 0 Å². The molecule has 4 rings (SSSR count). The molecule has 3 aromatic heterocycles. The van der Waals surface area contributed by atoms with Gasteiger partial charge < -0.3 is 14.5 Å². The first-order valence-corrected chi connectivity index (χ1v) is 11.4. The van der Waals surface area contributed by atoms with E-state index in [1.807, 2.05) is 5.10 Å². The molecule has 4 heterocycles. The van der Waals surface area contributed by atoms with E-state index in [4.69, 9.17) is 4.74 Å². The van der Waals surface area contributed by atoms with E-state index in [2.05, 4.69) is 15.2 Å². The molecule has 0 saturated carbocycles. The third-order valence-electron chi connectivity index (χ3n) is 5.42. The lowest BCUT2D eigenvalue weighted by molar-refractivity contribution is -0.140. The summed E-state index contributed by atoms with van der Waals surface area (Å²) in [6.45, 7) is 1.12. The highest BCUT2D eigenvalue weighted by Gasteiger charge is 2.38. The average molecular weight is 539 g/mol. The number of aromatic nitrogens is 5. The largest absolute Gasteiger partial charge is 0.435 e. The van der Waals surface area contributed by atoms with Gasteiger partial charge in [-0.25, -0.2) is 10.1 Å². The van der Waals surface area contributed by atoms with Crippen LogP contribution in [0, 0.1) is 0 Å². The van der Waals surface area contributed by atoms with Crippen LogP contribution in [-0.4, -0.2) is 75.2 Å². The van der Waals surface area contributed by atoms with Crippen molar-refractivity contribution < 1.29 is 35.9 Å². The maximum absolute atomic E-state index is 13.2. The first-order chi connectivity index (χ1) is 16.9. The van der Waals surface area contributed by atoms with E-state index in [0.717, 1.165) is 17.1 Å². The fourth-order valence-corrected chi connectivity index (χ4v) is 4.50. The number of amides is 1. The Morgan fingerprint density at radius 2 is 1.78 bits per heavy atom. The molecule has 1 aliphatic rings. The highest BCUT2D eigenvalue weighted by atomic mass is 32.1. The lowest BCUT2D eigenvalue weighted by Gasteiger charge is -2.34. The Hall–Kier alpha value is -3.21. The van der Waals surface area contributed by atoms with Crippen LogP contribution in [-0.2, 0) is 28.4 Å². The second kappa shape index (κ2) is 10.0. The number of fused-ring (bicyclic) bond motifs is 1. The molecule has 17 heteroatoms. The number of ether oxygens (including phenoxy) is 1. The van der Waals surface area contributed by atoms with E-state index in [-0.39, 0.29) is 42.7 Å². The summed E-state index contributed by atoms with van der Waals surface area (Å²) in [6, 6.07) is 0. The molecule has 0 aromatic carbocycles. The second-order valence-electron chi connectivity index (χ2n) is 7.76. The lowest BCUT2D eigenvalue weighted by Crippen LogP contribution is -2.49. The summed E-state index contributed by atoms with van der Waals surface area (Å²) in [4.78, 5) is 30.5. The minimum atomic E-state index is -4.82. The Labute approximate surface area is 202 Å². The molecule has 1 amide bonds. The number of nitrogens with zero attached hydrogens (tertiary/aromatic N) is 6. The van der Waals surface area contributed by atoms with Gasteiger partial charge in [0.15, 0.2) is 10.8 Å². The molecule has 0 atom stereocenters. The molecule has 1 aliphatic heterocycles. The highest BCUT2D eigenvalue weighted by Crippen LogP contribution is 2.36. The summed E-state index contributed by atoms with van der Waals surface area (Å²) in [5.74, 6) is -0.218. The molecular formula is C19H19F6N7O3S. The number of anilines is 1. The lowest BCUT2D eigenvalue weighted by atomic mass is 10.2. The molecule has 0 radical (unpaired) electrons. The van der Waals surface area contributed by atoms with Crippen LogP contribution in [0.4, 0.5) is 31.5 Å². The van der Waals surface area contributed by atoms with Crippen molar-refractivity contribution in [1.82, 2.24) is 29.9 Å². The number of hydrogen-bond acceptors (Lipinski definition) is 8. The van der Waals surface area contributed by atoms with Gasteiger partial charge in [-0.1, -0.05) is 11.3 Å². The third-order valence-corrected chi connectivity index (χ3v) is 6.53. The predicted octanol–water partition coefficient (Wildman–Crippen LogP) is 2.37. The molecule has 196 valence electrons. The van der Waals surface area contributed by atoms with Gasteiger partial charge in [-0.05, 0) is 0 Å². The molecule has 1 fully saturated rings. The van der Waals surface area contributed by atoms with Crippen LogP contribution >= 0.6 is 11.3 Å². The van der Waals surface area contributed by atoms with Crippen LogP contribution in [0.3, 0.4) is 0 Å². The Kier molecular flexibility index (Phi) is 7.21. The van der Waals surface area contributed by atoms with Crippen molar-refractivity contribution in [3.05, 3.63) is 33.3 Å². The van der Waals surface area contributed by atoms with Gasteiger partial charge >= 0.3 is 12.4 Å². The zero-order valence-electron chi connectivity index (χ0n) is 18.4. The van der Waals surface area contributed by atoms with Gasteiger partial charge in [0.05, 0.1) is 44.1 Å². The molecule has 1 saturated heterocycles. The normalized spacial score (nSPS) is 15.2. The summed E-state index contributed by atoms with van der Waals surface area (Å²) in [6.07, 6.45) is -7.40. The number of hydrogen-bond donors (Lipinski definition) is 1. The number of H-pyrrole nitrogens is 1. The molecule has 0 unspecified atom stereocenters. The van der Waals surface area contributed by atoms with Gasteiger partial charge in [-0.2, -0.15) is 36.5 Å². The van der Waals surface area contributed by atoms with Crippen LogP contribution in [0.5, 0.6) is 0 Å². The van der Waals surface area contributed by atoms with Gasteiger partial charge in [0, 0.05) is 26.2 Å². The van der Waals surface area contributed by atoms with Gasteiger partial charge in [0.25, 0.3) is 5.56 Å². The monoisotopic (exact) mass is 539 g/mol. The molecule has 36 heavy (non-hydrogen) atoms. The zero-order valence-corrected chi connectivity index (χ0v) is 19.2. The summed E-state index contributed by atoms with van der Waals surface area (Å²) in [5, 5.41) is 8.58. The third kappa shape index (κ3) is 5.61. The van der Waals surface area contributed by atoms with Crippen molar-refractivity contribution in [3.8, 4) is 0 Å². The van der Waals surface area contributed by atoms with Crippen LogP contribution < -0.4 is 10.5 Å². The van der Waals surface area contributed by atoms with Gasteiger partial charge in [-0.3, -0.25) is 14.3 Å². The predicted molar refractivity (Wildman–Crippen MR) is 114 cm³/mol. The Morgan fingerprint density at radius 3 is 2.42 bits per heavy atom. The number of thiazole rings is 1. The summed E-state index contributed by atoms with van der Waals surface area (Å²) in [7, 11) is 0. The van der Waals surface area contributed by atoms with E-state index in [1.165, 1.54) is 0 Å². The number of piperazine rings is 1. The van der Waals surface area contributed by atoms with E-state index < -0.39 is 33.9 Å². The number of alkyl halides is 6. The van der Waals surface area contributed by atoms with Crippen LogP contribution in [0.2, 0.25) is 0 Å².